The summed E-state index contributed by atoms with van der Waals surface area (Å²) in [5, 5.41) is 0. The molecule has 5 atom stereocenters. The zero-order valence-electron chi connectivity index (χ0n) is 9.93. The van der Waals surface area contributed by atoms with Gasteiger partial charge in [-0.2, -0.15) is 0 Å². The maximum atomic E-state index is 5.81. The summed E-state index contributed by atoms with van der Waals surface area (Å²) < 4.78 is 22.1. The van der Waals surface area contributed by atoms with Crippen molar-refractivity contribution in [1.82, 2.24) is 0 Å². The van der Waals surface area contributed by atoms with Gasteiger partial charge in [-0.05, 0) is 13.2 Å². The third-order valence-electron chi connectivity index (χ3n) is 2.78. The summed E-state index contributed by atoms with van der Waals surface area (Å²) in [7, 11) is 5.02. The zero-order chi connectivity index (χ0) is 11.4. The minimum atomic E-state index is -0.0915. The van der Waals surface area contributed by atoms with Crippen LogP contribution in [0.5, 0.6) is 0 Å². The molecule has 1 fully saturated rings. The Kier molecular flexibility index (Phi) is 5.35. The molecule has 1 rings (SSSR count). The van der Waals surface area contributed by atoms with E-state index in [2.05, 4.69) is 0 Å². The monoisotopic (exact) mass is 236 g/mol. The normalized spacial score (nSPS) is 41.8. The van der Waals surface area contributed by atoms with Crippen LogP contribution in [-0.4, -0.2) is 57.4 Å². The Bertz CT molecular complexity index is 190. The van der Waals surface area contributed by atoms with Gasteiger partial charge in [0.2, 0.25) is 0 Å². The largest absolute Gasteiger partial charge is 0.376 e. The van der Waals surface area contributed by atoms with Gasteiger partial charge in [0.1, 0.15) is 23.7 Å². The van der Waals surface area contributed by atoms with Crippen molar-refractivity contribution in [1.29, 1.82) is 0 Å². The lowest BCUT2D eigenvalue weighted by Crippen LogP contribution is -2.57. The first-order valence-corrected chi connectivity index (χ1v) is 6.25. The molecule has 90 valence electrons. The first-order chi connectivity index (χ1) is 7.19. The second-order valence-corrected chi connectivity index (χ2v) is 4.48. The predicted molar refractivity (Wildman–Crippen MR) is 60.2 cm³/mol. The fourth-order valence-electron chi connectivity index (χ4n) is 2.00. The molecule has 0 amide bonds. The van der Waals surface area contributed by atoms with Crippen molar-refractivity contribution in [3.05, 3.63) is 0 Å². The van der Waals surface area contributed by atoms with Crippen LogP contribution in [0.4, 0.5) is 0 Å². The second-order valence-electron chi connectivity index (χ2n) is 3.55. The molecule has 15 heavy (non-hydrogen) atoms. The molecule has 0 aliphatic carbocycles. The first kappa shape index (κ1) is 13.3. The summed E-state index contributed by atoms with van der Waals surface area (Å²) in [6.45, 7) is 2.00. The predicted octanol–water partition coefficient (Wildman–Crippen LogP) is 1.14. The Morgan fingerprint density at radius 3 is 1.87 bits per heavy atom. The lowest BCUT2D eigenvalue weighted by atomic mass is 10.0. The van der Waals surface area contributed by atoms with Crippen molar-refractivity contribution in [2.45, 2.75) is 36.8 Å². The zero-order valence-corrected chi connectivity index (χ0v) is 10.7. The molecule has 0 radical (unpaired) electrons. The lowest BCUT2D eigenvalue weighted by Gasteiger charge is -2.43. The van der Waals surface area contributed by atoms with Crippen molar-refractivity contribution < 1.29 is 18.9 Å². The van der Waals surface area contributed by atoms with Crippen molar-refractivity contribution in [2.24, 2.45) is 0 Å². The molecule has 1 heterocycles. The molecular formula is C10H20O4S. The smallest absolute Gasteiger partial charge is 0.132 e. The molecule has 0 aromatic rings. The molecule has 1 aliphatic rings. The molecule has 4 nitrogen and oxygen atoms in total. The number of hydrogen-bond donors (Lipinski definition) is 0. The van der Waals surface area contributed by atoms with Crippen LogP contribution in [0.15, 0.2) is 0 Å². The van der Waals surface area contributed by atoms with Gasteiger partial charge in [-0.15, -0.1) is 11.8 Å². The van der Waals surface area contributed by atoms with E-state index in [1.165, 1.54) is 0 Å². The molecule has 0 spiro atoms. The van der Waals surface area contributed by atoms with Gasteiger partial charge in [0.15, 0.2) is 0 Å². The standard InChI is InChI=1S/C10H20O4S/c1-6-7(11-2)8(12-3)9(13-4)10(14-6)15-5/h6-10H,1-5H3/t6-,7-,8+,9+,10-/m0/s1. The molecule has 0 aromatic carbocycles. The van der Waals surface area contributed by atoms with E-state index in [1.807, 2.05) is 13.2 Å². The van der Waals surface area contributed by atoms with E-state index >= 15 is 0 Å². The van der Waals surface area contributed by atoms with E-state index in [0.717, 1.165) is 0 Å². The summed E-state index contributed by atoms with van der Waals surface area (Å²) >= 11 is 1.63. The summed E-state index contributed by atoms with van der Waals surface area (Å²) in [6.07, 6.45) is 1.77. The fourth-order valence-corrected chi connectivity index (χ4v) is 2.82. The van der Waals surface area contributed by atoms with Gasteiger partial charge < -0.3 is 18.9 Å². The van der Waals surface area contributed by atoms with E-state index in [4.69, 9.17) is 18.9 Å². The van der Waals surface area contributed by atoms with Crippen LogP contribution in [0.3, 0.4) is 0 Å². The molecule has 0 unspecified atom stereocenters. The average Bonchev–Trinajstić information content (AvgIpc) is 2.27. The van der Waals surface area contributed by atoms with E-state index in [1.54, 1.807) is 33.1 Å². The number of thioether (sulfide) groups is 1. The Labute approximate surface area is 95.6 Å². The fraction of sp³-hybridized carbons (Fsp3) is 1.00. The van der Waals surface area contributed by atoms with Crippen LogP contribution in [0, 0.1) is 0 Å². The first-order valence-electron chi connectivity index (χ1n) is 4.96. The summed E-state index contributed by atoms with van der Waals surface area (Å²) in [6, 6.07) is 0. The Morgan fingerprint density at radius 1 is 0.933 bits per heavy atom. The molecule has 0 bridgehead atoms. The van der Waals surface area contributed by atoms with Gasteiger partial charge in [0, 0.05) is 21.3 Å². The Hall–Kier alpha value is 0.190. The highest BCUT2D eigenvalue weighted by atomic mass is 32.2. The van der Waals surface area contributed by atoms with Gasteiger partial charge in [0.25, 0.3) is 0 Å². The van der Waals surface area contributed by atoms with E-state index < -0.39 is 0 Å². The lowest BCUT2D eigenvalue weighted by molar-refractivity contribution is -0.216. The second kappa shape index (κ2) is 6.06. The van der Waals surface area contributed by atoms with Gasteiger partial charge in [-0.25, -0.2) is 0 Å². The van der Waals surface area contributed by atoms with Crippen LogP contribution in [0.2, 0.25) is 0 Å². The van der Waals surface area contributed by atoms with E-state index in [-0.39, 0.29) is 29.9 Å². The molecule has 5 heteroatoms. The molecule has 0 aromatic heterocycles. The highest BCUT2D eigenvalue weighted by molar-refractivity contribution is 7.99. The van der Waals surface area contributed by atoms with Crippen molar-refractivity contribution >= 4 is 11.8 Å². The summed E-state index contributed by atoms with van der Waals surface area (Å²) in [5.41, 5.74) is 0.00125. The topological polar surface area (TPSA) is 36.9 Å². The molecular weight excluding hydrogens is 216 g/mol. The third kappa shape index (κ3) is 2.65. The number of rotatable bonds is 4. The SMILES string of the molecule is CO[C@@H]1[C@@H](OC)[C@H](C)O[C@@H](SC)[C@@H]1OC. The van der Waals surface area contributed by atoms with E-state index in [9.17, 15) is 0 Å². The van der Waals surface area contributed by atoms with Crippen molar-refractivity contribution in [2.75, 3.05) is 27.6 Å². The maximum absolute atomic E-state index is 5.81. The van der Waals surface area contributed by atoms with Gasteiger partial charge in [-0.3, -0.25) is 0 Å². The summed E-state index contributed by atoms with van der Waals surface area (Å²) in [5.74, 6) is 0. The number of ether oxygens (including phenoxy) is 4. The quantitative estimate of drug-likeness (QED) is 0.731. The Morgan fingerprint density at radius 2 is 1.47 bits per heavy atom. The van der Waals surface area contributed by atoms with E-state index in [0.29, 0.717) is 0 Å². The highest BCUT2D eigenvalue weighted by Gasteiger charge is 2.44. The highest BCUT2D eigenvalue weighted by Crippen LogP contribution is 2.31. The minimum Gasteiger partial charge on any atom is -0.376 e. The Balaban J connectivity index is 2.80. The van der Waals surface area contributed by atoms with Crippen LogP contribution >= 0.6 is 11.8 Å². The maximum Gasteiger partial charge on any atom is 0.132 e. The summed E-state index contributed by atoms with van der Waals surface area (Å²) in [4.78, 5) is 0. The minimum absolute atomic E-state index is 0.00125. The molecule has 0 saturated carbocycles. The molecule has 1 aliphatic heterocycles. The third-order valence-corrected chi connectivity index (χ3v) is 3.62. The van der Waals surface area contributed by atoms with Gasteiger partial charge in [-0.1, -0.05) is 0 Å². The number of methoxy groups -OCH3 is 3. The van der Waals surface area contributed by atoms with Crippen LogP contribution in [0.1, 0.15) is 6.92 Å². The average molecular weight is 236 g/mol. The van der Waals surface area contributed by atoms with Crippen LogP contribution in [0.25, 0.3) is 0 Å². The van der Waals surface area contributed by atoms with Crippen LogP contribution in [-0.2, 0) is 18.9 Å². The van der Waals surface area contributed by atoms with Crippen molar-refractivity contribution in [3.63, 3.8) is 0 Å². The van der Waals surface area contributed by atoms with Crippen molar-refractivity contribution in [3.8, 4) is 0 Å². The van der Waals surface area contributed by atoms with Crippen LogP contribution < -0.4 is 0 Å². The number of hydrogen-bond acceptors (Lipinski definition) is 5. The van der Waals surface area contributed by atoms with Gasteiger partial charge >= 0.3 is 0 Å². The van der Waals surface area contributed by atoms with Gasteiger partial charge in [0.05, 0.1) is 6.10 Å². The molecule has 0 N–H and O–H groups in total. The molecule has 1 saturated heterocycles.